The molecule has 2 aromatic rings. The summed E-state index contributed by atoms with van der Waals surface area (Å²) in [5.41, 5.74) is 4.56. The lowest BCUT2D eigenvalue weighted by molar-refractivity contribution is -0.195. The lowest BCUT2D eigenvalue weighted by Gasteiger charge is -2.61. The van der Waals surface area contributed by atoms with Gasteiger partial charge in [-0.2, -0.15) is 0 Å². The van der Waals surface area contributed by atoms with Gasteiger partial charge in [-0.1, -0.05) is 112 Å². The molecule has 5 aliphatic rings. The summed E-state index contributed by atoms with van der Waals surface area (Å²) >= 11 is 0. The first-order chi connectivity index (χ1) is 26.3. The standard InChI is InChI=1S/C17H26O2.C10H16O2.C10H10.C8H8.C5H8O2/c1-11(2)15(18)19-16(3,4)17-8-12-5-13(9-17)7-14(6-12)10-17;1-8(2)9(11)12-10(3)6-4-5-7-10;1-3-9-5-7-10(4-2)8-6-9;1-2-8-6-4-3-5-7-8;1-4(2)5(6)7-3/h12-14H,1,5-10H2,2-4H3;1,4-7H2,2-3H3;3-8H,1-2H2;2-7H,1H2;1H2,2-3H3. The van der Waals surface area contributed by atoms with Crippen LogP contribution in [-0.2, 0) is 28.6 Å². The molecule has 0 N–H and O–H groups in total. The molecule has 0 aromatic heterocycles. The summed E-state index contributed by atoms with van der Waals surface area (Å²) < 4.78 is 15.4. The van der Waals surface area contributed by atoms with Gasteiger partial charge in [0.1, 0.15) is 11.2 Å². The number of carbonyl (C=O) groups is 3. The van der Waals surface area contributed by atoms with Crippen LogP contribution in [-0.4, -0.2) is 36.2 Å². The summed E-state index contributed by atoms with van der Waals surface area (Å²) in [5.74, 6) is 1.83. The maximum absolute atomic E-state index is 11.9. The van der Waals surface area contributed by atoms with Gasteiger partial charge < -0.3 is 14.2 Å². The molecule has 0 aliphatic heterocycles. The predicted molar refractivity (Wildman–Crippen MR) is 233 cm³/mol. The van der Waals surface area contributed by atoms with Gasteiger partial charge in [0.15, 0.2) is 0 Å². The highest BCUT2D eigenvalue weighted by Gasteiger charge is 2.58. The van der Waals surface area contributed by atoms with Gasteiger partial charge in [0.2, 0.25) is 0 Å². The average Bonchev–Trinajstić information content (AvgIpc) is 3.60. The van der Waals surface area contributed by atoms with E-state index in [2.05, 4.69) is 58.1 Å². The van der Waals surface area contributed by atoms with Crippen LogP contribution in [0.3, 0.4) is 0 Å². The zero-order valence-electron chi connectivity index (χ0n) is 35.4. The molecule has 6 nitrogen and oxygen atoms in total. The third kappa shape index (κ3) is 14.7. The van der Waals surface area contributed by atoms with E-state index in [-0.39, 0.29) is 34.5 Å². The summed E-state index contributed by atoms with van der Waals surface area (Å²) in [7, 11) is 1.33. The van der Waals surface area contributed by atoms with Crippen molar-refractivity contribution in [3.63, 3.8) is 0 Å². The van der Waals surface area contributed by atoms with Crippen LogP contribution in [0.5, 0.6) is 0 Å². The van der Waals surface area contributed by atoms with Crippen molar-refractivity contribution in [2.75, 3.05) is 7.11 Å². The largest absolute Gasteiger partial charge is 0.466 e. The van der Waals surface area contributed by atoms with Crippen molar-refractivity contribution < 1.29 is 28.6 Å². The Hall–Kier alpha value is -4.71. The van der Waals surface area contributed by atoms with Crippen LogP contribution in [0.2, 0.25) is 0 Å². The molecule has 0 radical (unpaired) electrons. The summed E-state index contributed by atoms with van der Waals surface area (Å²) in [4.78, 5) is 33.3. The van der Waals surface area contributed by atoms with E-state index in [0.717, 1.165) is 41.7 Å². The topological polar surface area (TPSA) is 78.9 Å². The molecular formula is C50H68O6. The molecule has 0 unspecified atom stereocenters. The summed E-state index contributed by atoms with van der Waals surface area (Å²) in [6.07, 6.45) is 17.8. The first-order valence-corrected chi connectivity index (χ1v) is 19.9. The van der Waals surface area contributed by atoms with Gasteiger partial charge in [-0.3, -0.25) is 0 Å². The fraction of sp³-hybridized carbons (Fsp3) is 0.460. The highest BCUT2D eigenvalue weighted by Crippen LogP contribution is 2.64. The van der Waals surface area contributed by atoms with Gasteiger partial charge in [0.05, 0.1) is 7.11 Å². The minimum Gasteiger partial charge on any atom is -0.466 e. The molecule has 0 atom stereocenters. The SMILES string of the molecule is C=C(C)C(=O)OC.C=C(C)C(=O)OC(C)(C)C12CC3CC(CC(C3)C1)C2.C=C(C)C(=O)OC1(C)CCCC1.C=Cc1ccc(C=C)cc1.C=Cc1ccccc1. The highest BCUT2D eigenvalue weighted by molar-refractivity contribution is 5.88. The van der Waals surface area contributed by atoms with Crippen LogP contribution in [0.4, 0.5) is 0 Å². The fourth-order valence-electron chi connectivity index (χ4n) is 8.34. The maximum Gasteiger partial charge on any atom is 0.333 e. The number of benzene rings is 2. The van der Waals surface area contributed by atoms with Crippen LogP contribution in [0, 0.1) is 23.2 Å². The van der Waals surface area contributed by atoms with Gasteiger partial charge in [-0.25, -0.2) is 14.4 Å². The van der Waals surface area contributed by atoms with Crippen LogP contribution >= 0.6 is 0 Å². The lowest BCUT2D eigenvalue weighted by Crippen LogP contribution is -2.57. The minimum absolute atomic E-state index is 0.212. The molecule has 304 valence electrons. The third-order valence-electron chi connectivity index (χ3n) is 11.3. The van der Waals surface area contributed by atoms with E-state index in [1.165, 1.54) is 64.0 Å². The average molecular weight is 765 g/mol. The second kappa shape index (κ2) is 22.1. The molecule has 0 spiro atoms. The Morgan fingerprint density at radius 2 is 1.02 bits per heavy atom. The van der Waals surface area contributed by atoms with E-state index in [0.29, 0.717) is 16.7 Å². The molecule has 4 bridgehead atoms. The van der Waals surface area contributed by atoms with Crippen molar-refractivity contribution in [3.8, 4) is 0 Å². The zero-order chi connectivity index (χ0) is 42.1. The van der Waals surface area contributed by atoms with Crippen LogP contribution in [0.1, 0.15) is 122 Å². The molecule has 0 amide bonds. The number of hydrogen-bond acceptors (Lipinski definition) is 6. The maximum atomic E-state index is 11.9. The molecule has 2 aromatic carbocycles. The first-order valence-electron chi connectivity index (χ1n) is 19.9. The van der Waals surface area contributed by atoms with Crippen molar-refractivity contribution in [3.05, 3.63) is 127 Å². The quantitative estimate of drug-likeness (QED) is 0.144. The van der Waals surface area contributed by atoms with Crippen molar-refractivity contribution in [1.82, 2.24) is 0 Å². The Morgan fingerprint density at radius 1 is 0.643 bits per heavy atom. The molecule has 5 aliphatic carbocycles. The monoisotopic (exact) mass is 765 g/mol. The van der Waals surface area contributed by atoms with Crippen LogP contribution < -0.4 is 0 Å². The van der Waals surface area contributed by atoms with Gasteiger partial charge in [-0.05, 0) is 140 Å². The molecule has 0 heterocycles. The van der Waals surface area contributed by atoms with E-state index in [1.807, 2.05) is 79.7 Å². The Bertz CT molecular complexity index is 1610. The van der Waals surface area contributed by atoms with Gasteiger partial charge in [0.25, 0.3) is 0 Å². The fourth-order valence-corrected chi connectivity index (χ4v) is 8.34. The van der Waals surface area contributed by atoms with Gasteiger partial charge in [-0.15, -0.1) is 0 Å². The Kier molecular flexibility index (Phi) is 18.8. The van der Waals surface area contributed by atoms with Crippen molar-refractivity contribution in [2.24, 2.45) is 23.2 Å². The summed E-state index contributed by atoms with van der Waals surface area (Å²) in [6.45, 7) is 32.8. The Balaban J connectivity index is 0.000000256. The summed E-state index contributed by atoms with van der Waals surface area (Å²) in [5, 5.41) is 0. The number of ether oxygens (including phenoxy) is 3. The third-order valence-corrected chi connectivity index (χ3v) is 11.3. The number of esters is 3. The van der Waals surface area contributed by atoms with E-state index in [4.69, 9.17) is 9.47 Å². The van der Waals surface area contributed by atoms with Crippen molar-refractivity contribution in [1.29, 1.82) is 0 Å². The van der Waals surface area contributed by atoms with Crippen molar-refractivity contribution in [2.45, 2.75) is 117 Å². The van der Waals surface area contributed by atoms with Crippen molar-refractivity contribution >= 4 is 36.1 Å². The zero-order valence-corrected chi connectivity index (χ0v) is 35.4. The molecule has 0 saturated heterocycles. The van der Waals surface area contributed by atoms with Crippen LogP contribution in [0.25, 0.3) is 18.2 Å². The summed E-state index contributed by atoms with van der Waals surface area (Å²) in [6, 6.07) is 18.1. The molecule has 56 heavy (non-hydrogen) atoms. The van der Waals surface area contributed by atoms with Crippen LogP contribution in [0.15, 0.2) is 111 Å². The number of methoxy groups -OCH3 is 1. The number of carbonyl (C=O) groups excluding carboxylic acids is 3. The molecule has 7 rings (SSSR count). The van der Waals surface area contributed by atoms with Gasteiger partial charge >= 0.3 is 17.9 Å². The second-order valence-electron chi connectivity index (χ2n) is 16.7. The lowest BCUT2D eigenvalue weighted by atomic mass is 9.46. The van der Waals surface area contributed by atoms with Gasteiger partial charge in [0, 0.05) is 22.1 Å². The Labute approximate surface area is 338 Å². The predicted octanol–water partition coefficient (Wildman–Crippen LogP) is 12.6. The van der Waals surface area contributed by atoms with E-state index >= 15 is 0 Å². The molecule has 6 heteroatoms. The van der Waals surface area contributed by atoms with E-state index in [9.17, 15) is 14.4 Å². The molecular weight excluding hydrogens is 697 g/mol. The Morgan fingerprint density at radius 3 is 1.32 bits per heavy atom. The normalized spacial score (nSPS) is 21.8. The van der Waals surface area contributed by atoms with E-state index in [1.54, 1.807) is 20.8 Å². The minimum atomic E-state index is -0.348. The molecule has 5 saturated carbocycles. The molecule has 5 fully saturated rings. The number of hydrogen-bond donors (Lipinski definition) is 0. The second-order valence-corrected chi connectivity index (χ2v) is 16.7. The highest BCUT2D eigenvalue weighted by atomic mass is 16.6. The number of rotatable bonds is 9. The first kappa shape index (κ1) is 47.4. The smallest absolute Gasteiger partial charge is 0.333 e. The van der Waals surface area contributed by atoms with E-state index < -0.39 is 0 Å².